The Kier molecular flexibility index (Phi) is 6.87. The highest BCUT2D eigenvalue weighted by atomic mass is 19.4. The highest BCUT2D eigenvalue weighted by Crippen LogP contribution is 2.31. The predicted molar refractivity (Wildman–Crippen MR) is 80.6 cm³/mol. The van der Waals surface area contributed by atoms with Crippen LogP contribution in [0, 0.1) is 0 Å². The number of rotatable bonds is 7. The number of carbonyl (C=O) groups is 1. The molecule has 2 N–H and O–H groups in total. The van der Waals surface area contributed by atoms with Gasteiger partial charge in [-0.2, -0.15) is 13.2 Å². The van der Waals surface area contributed by atoms with Crippen molar-refractivity contribution in [2.24, 2.45) is 0 Å². The average molecular weight is 316 g/mol. The molecule has 6 heteroatoms. The van der Waals surface area contributed by atoms with Gasteiger partial charge in [0.1, 0.15) is 0 Å². The van der Waals surface area contributed by atoms with E-state index in [1.807, 2.05) is 13.8 Å². The standard InChI is InChI=1S/C16H23F3N2O/c1-4-14(15(22)21-10-11(3)20-5-2)12-7-6-8-13(9-12)16(17,18)19/h6-9,11,14,20H,4-5,10H2,1-3H3,(H,21,22)/t11-,14?/m1/s1. The van der Waals surface area contributed by atoms with Gasteiger partial charge in [0.25, 0.3) is 0 Å². The Morgan fingerprint density at radius 2 is 1.95 bits per heavy atom. The SMILES string of the molecule is CCN[C@H](C)CNC(=O)C(CC)c1cccc(C(F)(F)F)c1. The van der Waals surface area contributed by atoms with Gasteiger partial charge in [-0.25, -0.2) is 0 Å². The number of nitrogens with one attached hydrogen (secondary N) is 2. The first-order chi connectivity index (χ1) is 10.3. The largest absolute Gasteiger partial charge is 0.416 e. The Bertz CT molecular complexity index is 489. The van der Waals surface area contributed by atoms with E-state index in [0.29, 0.717) is 18.5 Å². The molecule has 1 unspecified atom stereocenters. The topological polar surface area (TPSA) is 41.1 Å². The maximum absolute atomic E-state index is 12.8. The van der Waals surface area contributed by atoms with Gasteiger partial charge in [0, 0.05) is 12.6 Å². The number of amides is 1. The van der Waals surface area contributed by atoms with E-state index in [-0.39, 0.29) is 11.9 Å². The summed E-state index contributed by atoms with van der Waals surface area (Å²) in [5.41, 5.74) is -0.330. The lowest BCUT2D eigenvalue weighted by Crippen LogP contribution is -2.40. The second-order valence-corrected chi connectivity index (χ2v) is 5.29. The number of alkyl halides is 3. The Morgan fingerprint density at radius 1 is 1.27 bits per heavy atom. The van der Waals surface area contributed by atoms with Crippen LogP contribution < -0.4 is 10.6 Å². The lowest BCUT2D eigenvalue weighted by molar-refractivity contribution is -0.137. The van der Waals surface area contributed by atoms with Crippen LogP contribution in [-0.4, -0.2) is 25.0 Å². The molecule has 1 aromatic carbocycles. The van der Waals surface area contributed by atoms with Gasteiger partial charge in [-0.15, -0.1) is 0 Å². The first-order valence-corrected chi connectivity index (χ1v) is 7.47. The molecule has 1 aromatic rings. The molecule has 0 radical (unpaired) electrons. The summed E-state index contributed by atoms with van der Waals surface area (Å²) in [5.74, 6) is -0.817. The van der Waals surface area contributed by atoms with Crippen LogP contribution in [0.25, 0.3) is 0 Å². The summed E-state index contributed by atoms with van der Waals surface area (Å²) in [5, 5.41) is 5.96. The zero-order valence-electron chi connectivity index (χ0n) is 13.1. The lowest BCUT2D eigenvalue weighted by atomic mass is 9.94. The van der Waals surface area contributed by atoms with Crippen LogP contribution in [0.15, 0.2) is 24.3 Å². The second kappa shape index (κ2) is 8.17. The van der Waals surface area contributed by atoms with Crippen molar-refractivity contribution >= 4 is 5.91 Å². The van der Waals surface area contributed by atoms with Crippen molar-refractivity contribution in [2.45, 2.75) is 45.3 Å². The zero-order valence-corrected chi connectivity index (χ0v) is 13.1. The number of likely N-dealkylation sites (N-methyl/N-ethyl adjacent to an activating group) is 1. The molecule has 0 fully saturated rings. The number of halogens is 3. The molecular formula is C16H23F3N2O. The van der Waals surface area contributed by atoms with E-state index < -0.39 is 17.7 Å². The Hall–Kier alpha value is -1.56. The summed E-state index contributed by atoms with van der Waals surface area (Å²) in [6.45, 7) is 6.94. The molecule has 0 heterocycles. The van der Waals surface area contributed by atoms with Crippen LogP contribution in [0.1, 0.15) is 44.2 Å². The third-order valence-electron chi connectivity index (χ3n) is 3.48. The van der Waals surface area contributed by atoms with E-state index in [1.165, 1.54) is 6.07 Å². The molecule has 2 atom stereocenters. The van der Waals surface area contributed by atoms with E-state index in [2.05, 4.69) is 10.6 Å². The fourth-order valence-corrected chi connectivity index (χ4v) is 2.30. The van der Waals surface area contributed by atoms with Crippen LogP contribution in [0.2, 0.25) is 0 Å². The number of carbonyl (C=O) groups excluding carboxylic acids is 1. The fraction of sp³-hybridized carbons (Fsp3) is 0.562. The average Bonchev–Trinajstić information content (AvgIpc) is 2.46. The summed E-state index contributed by atoms with van der Waals surface area (Å²) >= 11 is 0. The minimum atomic E-state index is -4.40. The predicted octanol–water partition coefficient (Wildman–Crippen LogP) is 3.31. The number of hydrogen-bond acceptors (Lipinski definition) is 2. The van der Waals surface area contributed by atoms with Gasteiger partial charge in [0.2, 0.25) is 5.91 Å². The highest BCUT2D eigenvalue weighted by Gasteiger charge is 2.31. The second-order valence-electron chi connectivity index (χ2n) is 5.29. The smallest absolute Gasteiger partial charge is 0.354 e. The van der Waals surface area contributed by atoms with Gasteiger partial charge < -0.3 is 10.6 Å². The monoisotopic (exact) mass is 316 g/mol. The van der Waals surface area contributed by atoms with Gasteiger partial charge in [0.05, 0.1) is 11.5 Å². The minimum Gasteiger partial charge on any atom is -0.354 e. The van der Waals surface area contributed by atoms with E-state index in [9.17, 15) is 18.0 Å². The third-order valence-corrected chi connectivity index (χ3v) is 3.48. The van der Waals surface area contributed by atoms with Crippen molar-refractivity contribution in [3.63, 3.8) is 0 Å². The van der Waals surface area contributed by atoms with Crippen molar-refractivity contribution in [3.05, 3.63) is 35.4 Å². The summed E-state index contributed by atoms with van der Waals surface area (Å²) < 4.78 is 38.3. The van der Waals surface area contributed by atoms with Crippen molar-refractivity contribution in [1.29, 1.82) is 0 Å². The van der Waals surface area contributed by atoms with Crippen LogP contribution >= 0.6 is 0 Å². The molecule has 22 heavy (non-hydrogen) atoms. The van der Waals surface area contributed by atoms with Crippen molar-refractivity contribution in [1.82, 2.24) is 10.6 Å². The molecular weight excluding hydrogens is 293 g/mol. The quantitative estimate of drug-likeness (QED) is 0.810. The molecule has 0 saturated carbocycles. The van der Waals surface area contributed by atoms with Gasteiger partial charge >= 0.3 is 6.18 Å². The van der Waals surface area contributed by atoms with Gasteiger partial charge in [0.15, 0.2) is 0 Å². The molecule has 0 aromatic heterocycles. The summed E-state index contributed by atoms with van der Waals surface area (Å²) in [7, 11) is 0. The maximum atomic E-state index is 12.8. The van der Waals surface area contributed by atoms with Crippen molar-refractivity contribution in [3.8, 4) is 0 Å². The van der Waals surface area contributed by atoms with E-state index in [4.69, 9.17) is 0 Å². The molecule has 1 amide bonds. The Morgan fingerprint density at radius 3 is 2.50 bits per heavy atom. The Labute approximate surface area is 129 Å². The minimum absolute atomic E-state index is 0.118. The van der Waals surface area contributed by atoms with Gasteiger partial charge in [-0.3, -0.25) is 4.79 Å². The van der Waals surface area contributed by atoms with Gasteiger partial charge in [-0.1, -0.05) is 32.0 Å². The molecule has 0 aliphatic heterocycles. The van der Waals surface area contributed by atoms with Crippen molar-refractivity contribution < 1.29 is 18.0 Å². The molecule has 0 aliphatic rings. The van der Waals surface area contributed by atoms with Crippen LogP contribution in [0.3, 0.4) is 0 Å². The summed E-state index contributed by atoms with van der Waals surface area (Å²) in [6, 6.07) is 5.10. The lowest BCUT2D eigenvalue weighted by Gasteiger charge is -2.19. The van der Waals surface area contributed by atoms with E-state index >= 15 is 0 Å². The fourth-order valence-electron chi connectivity index (χ4n) is 2.30. The highest BCUT2D eigenvalue weighted by molar-refractivity contribution is 5.83. The summed E-state index contributed by atoms with van der Waals surface area (Å²) in [6.07, 6.45) is -3.95. The molecule has 124 valence electrons. The van der Waals surface area contributed by atoms with E-state index in [1.54, 1.807) is 13.0 Å². The molecule has 0 aliphatic carbocycles. The molecule has 3 nitrogen and oxygen atoms in total. The number of hydrogen-bond donors (Lipinski definition) is 2. The molecule has 1 rings (SSSR count). The maximum Gasteiger partial charge on any atom is 0.416 e. The van der Waals surface area contributed by atoms with Crippen LogP contribution in [0.5, 0.6) is 0 Å². The first-order valence-electron chi connectivity index (χ1n) is 7.47. The molecule has 0 spiro atoms. The van der Waals surface area contributed by atoms with Crippen LogP contribution in [-0.2, 0) is 11.0 Å². The van der Waals surface area contributed by atoms with Crippen molar-refractivity contribution in [2.75, 3.05) is 13.1 Å². The Balaban J connectivity index is 2.81. The van der Waals surface area contributed by atoms with Gasteiger partial charge in [-0.05, 0) is 31.5 Å². The molecule has 0 bridgehead atoms. The molecule has 0 saturated heterocycles. The normalized spacial score (nSPS) is 14.5. The first kappa shape index (κ1) is 18.5. The zero-order chi connectivity index (χ0) is 16.8. The number of benzene rings is 1. The third kappa shape index (κ3) is 5.33. The van der Waals surface area contributed by atoms with Crippen LogP contribution in [0.4, 0.5) is 13.2 Å². The van der Waals surface area contributed by atoms with E-state index in [0.717, 1.165) is 18.7 Å². The summed E-state index contributed by atoms with van der Waals surface area (Å²) in [4.78, 5) is 12.2.